The largest absolute Gasteiger partial charge is 0.488 e. The molecular formula is C16H25NO. The first kappa shape index (κ1) is 13.4. The molecule has 2 atom stereocenters. The number of unbranched alkanes of at least 4 members (excludes halogenated alkanes) is 2. The molecule has 0 saturated heterocycles. The van der Waals surface area contributed by atoms with Gasteiger partial charge >= 0.3 is 0 Å². The topological polar surface area (TPSA) is 21.3 Å². The van der Waals surface area contributed by atoms with Gasteiger partial charge in [-0.3, -0.25) is 0 Å². The first-order chi connectivity index (χ1) is 8.81. The minimum absolute atomic E-state index is 0.311. The second kappa shape index (κ2) is 6.79. The van der Waals surface area contributed by atoms with Crippen LogP contribution in [0, 0.1) is 5.92 Å². The summed E-state index contributed by atoms with van der Waals surface area (Å²) in [6.07, 6.45) is 5.52. The van der Waals surface area contributed by atoms with Crippen LogP contribution in [0.5, 0.6) is 5.75 Å². The predicted octanol–water partition coefficient (Wildman–Crippen LogP) is 3.75. The summed E-state index contributed by atoms with van der Waals surface area (Å²) in [6.45, 7) is 6.46. The molecule has 0 aromatic heterocycles. The Morgan fingerprint density at radius 3 is 3.00 bits per heavy atom. The van der Waals surface area contributed by atoms with Crippen molar-refractivity contribution in [1.82, 2.24) is 5.32 Å². The Hall–Kier alpha value is -1.02. The molecule has 2 heteroatoms. The van der Waals surface area contributed by atoms with E-state index >= 15 is 0 Å². The van der Waals surface area contributed by atoms with Crippen molar-refractivity contribution in [2.24, 2.45) is 5.92 Å². The summed E-state index contributed by atoms with van der Waals surface area (Å²) >= 11 is 0. The molecule has 100 valence electrons. The standard InChI is InChI=1S/C16H25NO/c1-3-4-5-8-13(2)16-12-17-11-14-9-6-7-10-15(14)18-16/h6-7,9-10,13,16-17H,3-5,8,11-12H2,1-2H3. The lowest BCUT2D eigenvalue weighted by atomic mass is 9.97. The van der Waals surface area contributed by atoms with Crippen LogP contribution in [0.25, 0.3) is 0 Å². The molecule has 1 heterocycles. The van der Waals surface area contributed by atoms with Crippen LogP contribution in [0.3, 0.4) is 0 Å². The van der Waals surface area contributed by atoms with Crippen molar-refractivity contribution < 1.29 is 4.74 Å². The quantitative estimate of drug-likeness (QED) is 0.800. The van der Waals surface area contributed by atoms with E-state index in [4.69, 9.17) is 4.74 Å². The van der Waals surface area contributed by atoms with E-state index in [0.29, 0.717) is 12.0 Å². The zero-order valence-electron chi connectivity index (χ0n) is 11.6. The number of hydrogen-bond acceptors (Lipinski definition) is 2. The number of benzene rings is 1. The van der Waals surface area contributed by atoms with E-state index in [0.717, 1.165) is 18.8 Å². The molecule has 1 N–H and O–H groups in total. The van der Waals surface area contributed by atoms with Crippen LogP contribution in [0.4, 0.5) is 0 Å². The van der Waals surface area contributed by atoms with Gasteiger partial charge in [-0.05, 0) is 18.4 Å². The second-order valence-electron chi connectivity index (χ2n) is 5.37. The SMILES string of the molecule is CCCCCC(C)C1CNCc2ccccc2O1. The van der Waals surface area contributed by atoms with Gasteiger partial charge in [0.25, 0.3) is 0 Å². The third kappa shape index (κ3) is 3.49. The van der Waals surface area contributed by atoms with E-state index < -0.39 is 0 Å². The Morgan fingerprint density at radius 2 is 2.17 bits per heavy atom. The van der Waals surface area contributed by atoms with Crippen LogP contribution < -0.4 is 10.1 Å². The van der Waals surface area contributed by atoms with Gasteiger partial charge < -0.3 is 10.1 Å². The van der Waals surface area contributed by atoms with Gasteiger partial charge in [0.1, 0.15) is 11.9 Å². The van der Waals surface area contributed by atoms with Crippen LogP contribution in [0.15, 0.2) is 24.3 Å². The first-order valence-corrected chi connectivity index (χ1v) is 7.26. The Morgan fingerprint density at radius 1 is 1.33 bits per heavy atom. The summed E-state index contributed by atoms with van der Waals surface area (Å²) in [6, 6.07) is 8.37. The van der Waals surface area contributed by atoms with Gasteiger partial charge in [-0.1, -0.05) is 51.3 Å². The highest BCUT2D eigenvalue weighted by molar-refractivity contribution is 5.34. The molecule has 18 heavy (non-hydrogen) atoms. The van der Waals surface area contributed by atoms with Gasteiger partial charge in [-0.15, -0.1) is 0 Å². The number of hydrogen-bond donors (Lipinski definition) is 1. The van der Waals surface area contributed by atoms with Crippen LogP contribution in [-0.4, -0.2) is 12.6 Å². The highest BCUT2D eigenvalue weighted by Gasteiger charge is 2.22. The van der Waals surface area contributed by atoms with E-state index in [1.54, 1.807) is 0 Å². The monoisotopic (exact) mass is 247 g/mol. The molecule has 2 unspecified atom stereocenters. The molecule has 0 saturated carbocycles. The summed E-state index contributed by atoms with van der Waals surface area (Å²) in [4.78, 5) is 0. The van der Waals surface area contributed by atoms with Crippen molar-refractivity contribution in [2.75, 3.05) is 6.54 Å². The lowest BCUT2D eigenvalue weighted by Gasteiger charge is -2.23. The molecule has 0 amide bonds. The number of fused-ring (bicyclic) bond motifs is 1. The van der Waals surface area contributed by atoms with Crippen molar-refractivity contribution in [3.05, 3.63) is 29.8 Å². The fourth-order valence-electron chi connectivity index (χ4n) is 2.54. The van der Waals surface area contributed by atoms with Gasteiger partial charge in [0.2, 0.25) is 0 Å². The Balaban J connectivity index is 1.94. The van der Waals surface area contributed by atoms with Crippen LogP contribution in [0.2, 0.25) is 0 Å². The summed E-state index contributed by atoms with van der Waals surface area (Å²) in [7, 11) is 0. The third-order valence-electron chi connectivity index (χ3n) is 3.81. The van der Waals surface area contributed by atoms with Gasteiger partial charge in [-0.25, -0.2) is 0 Å². The molecule has 1 aliphatic heterocycles. The van der Waals surface area contributed by atoms with Crippen molar-refractivity contribution >= 4 is 0 Å². The van der Waals surface area contributed by atoms with E-state index in [2.05, 4.69) is 43.4 Å². The molecule has 0 bridgehead atoms. The maximum Gasteiger partial charge on any atom is 0.124 e. The average Bonchev–Trinajstić information content (AvgIpc) is 2.61. The molecule has 2 rings (SSSR count). The molecule has 0 spiro atoms. The van der Waals surface area contributed by atoms with Crippen molar-refractivity contribution in [2.45, 2.75) is 52.2 Å². The second-order valence-corrected chi connectivity index (χ2v) is 5.37. The van der Waals surface area contributed by atoms with Gasteiger partial charge in [0.05, 0.1) is 0 Å². The number of nitrogens with one attached hydrogen (secondary N) is 1. The zero-order valence-corrected chi connectivity index (χ0v) is 11.6. The molecule has 1 aromatic rings. The maximum absolute atomic E-state index is 6.19. The smallest absolute Gasteiger partial charge is 0.124 e. The number of ether oxygens (including phenoxy) is 1. The van der Waals surface area contributed by atoms with Crippen LogP contribution in [0.1, 0.15) is 45.1 Å². The third-order valence-corrected chi connectivity index (χ3v) is 3.81. The lowest BCUT2D eigenvalue weighted by Crippen LogP contribution is -2.34. The first-order valence-electron chi connectivity index (χ1n) is 7.26. The lowest BCUT2D eigenvalue weighted by molar-refractivity contribution is 0.139. The van der Waals surface area contributed by atoms with Gasteiger partial charge in [0, 0.05) is 18.7 Å². The molecular weight excluding hydrogens is 222 g/mol. The van der Waals surface area contributed by atoms with Crippen molar-refractivity contribution in [3.8, 4) is 5.75 Å². The zero-order chi connectivity index (χ0) is 12.8. The molecule has 2 nitrogen and oxygen atoms in total. The fraction of sp³-hybridized carbons (Fsp3) is 0.625. The number of para-hydroxylation sites is 1. The normalized spacial score (nSPS) is 20.7. The van der Waals surface area contributed by atoms with Crippen LogP contribution in [-0.2, 0) is 6.54 Å². The Kier molecular flexibility index (Phi) is 5.06. The van der Waals surface area contributed by atoms with E-state index in [1.807, 2.05) is 0 Å². The van der Waals surface area contributed by atoms with Gasteiger partial charge in [0.15, 0.2) is 0 Å². The fourth-order valence-corrected chi connectivity index (χ4v) is 2.54. The van der Waals surface area contributed by atoms with Crippen molar-refractivity contribution in [1.29, 1.82) is 0 Å². The highest BCUT2D eigenvalue weighted by atomic mass is 16.5. The minimum atomic E-state index is 0.311. The summed E-state index contributed by atoms with van der Waals surface area (Å²) < 4.78 is 6.19. The van der Waals surface area contributed by atoms with E-state index in [9.17, 15) is 0 Å². The maximum atomic E-state index is 6.19. The van der Waals surface area contributed by atoms with E-state index in [1.165, 1.54) is 31.2 Å². The molecule has 0 aliphatic carbocycles. The minimum Gasteiger partial charge on any atom is -0.488 e. The Bertz CT molecular complexity index is 364. The summed E-state index contributed by atoms with van der Waals surface area (Å²) in [5, 5.41) is 3.50. The van der Waals surface area contributed by atoms with E-state index in [-0.39, 0.29) is 0 Å². The number of rotatable bonds is 5. The average molecular weight is 247 g/mol. The van der Waals surface area contributed by atoms with Crippen molar-refractivity contribution in [3.63, 3.8) is 0 Å². The van der Waals surface area contributed by atoms with Crippen LogP contribution >= 0.6 is 0 Å². The Labute approximate surface area is 111 Å². The summed E-state index contributed by atoms with van der Waals surface area (Å²) in [5.41, 5.74) is 1.28. The highest BCUT2D eigenvalue weighted by Crippen LogP contribution is 2.25. The summed E-state index contributed by atoms with van der Waals surface area (Å²) in [5.74, 6) is 1.69. The molecule has 0 fully saturated rings. The molecule has 1 aromatic carbocycles. The predicted molar refractivity (Wildman–Crippen MR) is 75.9 cm³/mol. The molecule has 1 aliphatic rings. The van der Waals surface area contributed by atoms with Gasteiger partial charge in [-0.2, -0.15) is 0 Å². The molecule has 0 radical (unpaired) electrons.